The van der Waals surface area contributed by atoms with Gasteiger partial charge in [0.2, 0.25) is 0 Å². The lowest BCUT2D eigenvalue weighted by molar-refractivity contribution is 1.55. The van der Waals surface area contributed by atoms with E-state index in [9.17, 15) is 0 Å². The summed E-state index contributed by atoms with van der Waals surface area (Å²) in [7, 11) is 0. The molecule has 1 rings (SSSR count). The minimum absolute atomic E-state index is 1.69. The SMILES string of the molecule is C1=C\N=C/C=C\N=C/1. The van der Waals surface area contributed by atoms with Crippen LogP contribution in [0.15, 0.2) is 34.5 Å². The Morgan fingerprint density at radius 2 is 1.25 bits per heavy atom. The van der Waals surface area contributed by atoms with Gasteiger partial charge in [0.1, 0.15) is 0 Å². The largest absolute Gasteiger partial charge is 0.265 e. The highest BCUT2D eigenvalue weighted by Crippen LogP contribution is 1.78. The van der Waals surface area contributed by atoms with Gasteiger partial charge in [-0.3, -0.25) is 9.98 Å². The first-order valence-electron chi connectivity index (χ1n) is 2.37. The van der Waals surface area contributed by atoms with Crippen molar-refractivity contribution in [2.45, 2.75) is 0 Å². The van der Waals surface area contributed by atoms with Crippen LogP contribution in [-0.2, 0) is 0 Å². The van der Waals surface area contributed by atoms with Gasteiger partial charge in [-0.05, 0) is 12.2 Å². The molecule has 2 heteroatoms. The molecule has 0 aromatic carbocycles. The Morgan fingerprint density at radius 3 is 1.75 bits per heavy atom. The Hall–Kier alpha value is -1.18. The van der Waals surface area contributed by atoms with E-state index in [4.69, 9.17) is 0 Å². The zero-order valence-corrected chi connectivity index (χ0v) is 4.36. The molecule has 0 aliphatic carbocycles. The van der Waals surface area contributed by atoms with Crippen molar-refractivity contribution < 1.29 is 0 Å². The van der Waals surface area contributed by atoms with Crippen molar-refractivity contribution in [3.8, 4) is 0 Å². The van der Waals surface area contributed by atoms with Crippen LogP contribution in [0.1, 0.15) is 0 Å². The average Bonchev–Trinajstić information content (AvgIpc) is 1.62. The minimum Gasteiger partial charge on any atom is -0.265 e. The topological polar surface area (TPSA) is 24.7 Å². The lowest BCUT2D eigenvalue weighted by atomic mass is 10.6. The van der Waals surface area contributed by atoms with Gasteiger partial charge in [-0.1, -0.05) is 0 Å². The van der Waals surface area contributed by atoms with Gasteiger partial charge < -0.3 is 0 Å². The molecule has 0 radical (unpaired) electrons. The van der Waals surface area contributed by atoms with Gasteiger partial charge in [0.25, 0.3) is 0 Å². The maximum atomic E-state index is 3.85. The van der Waals surface area contributed by atoms with Crippen LogP contribution in [0, 0.1) is 0 Å². The summed E-state index contributed by atoms with van der Waals surface area (Å²) in [5, 5.41) is 0. The fraction of sp³-hybridized carbons (Fsp3) is 0. The van der Waals surface area contributed by atoms with Gasteiger partial charge in [-0.2, -0.15) is 0 Å². The molecule has 0 amide bonds. The number of rotatable bonds is 0. The van der Waals surface area contributed by atoms with Gasteiger partial charge >= 0.3 is 0 Å². The van der Waals surface area contributed by atoms with Crippen molar-refractivity contribution >= 4 is 12.4 Å². The maximum absolute atomic E-state index is 3.85. The summed E-state index contributed by atoms with van der Waals surface area (Å²) in [5.41, 5.74) is 0. The van der Waals surface area contributed by atoms with Crippen molar-refractivity contribution in [2.75, 3.05) is 0 Å². The predicted octanol–water partition coefficient (Wildman–Crippen LogP) is 1.17. The lowest BCUT2D eigenvalue weighted by Crippen LogP contribution is -1.67. The molecule has 0 saturated heterocycles. The number of allylic oxidation sites excluding steroid dienone is 2. The first-order valence-corrected chi connectivity index (χ1v) is 2.37. The Labute approximate surface area is 48.0 Å². The summed E-state index contributed by atoms with van der Waals surface area (Å²) in [5.74, 6) is 0. The van der Waals surface area contributed by atoms with Crippen LogP contribution < -0.4 is 0 Å². The molecule has 0 fully saturated rings. The molecule has 0 atom stereocenters. The summed E-state index contributed by atoms with van der Waals surface area (Å²) in [6, 6.07) is 0. The van der Waals surface area contributed by atoms with Crippen LogP contribution in [-0.4, -0.2) is 12.4 Å². The Bertz CT molecular complexity index is 107. The molecular formula is C6H6N2. The van der Waals surface area contributed by atoms with E-state index in [-0.39, 0.29) is 0 Å². The molecular weight excluding hydrogens is 100 g/mol. The molecule has 0 unspecified atom stereocenters. The van der Waals surface area contributed by atoms with Crippen LogP contribution in [0.2, 0.25) is 0 Å². The van der Waals surface area contributed by atoms with Crippen molar-refractivity contribution in [3.63, 3.8) is 0 Å². The molecule has 1 aliphatic heterocycles. The molecule has 0 spiro atoms. The fourth-order valence-corrected chi connectivity index (χ4v) is 0.375. The van der Waals surface area contributed by atoms with Gasteiger partial charge in [0.05, 0.1) is 0 Å². The van der Waals surface area contributed by atoms with Gasteiger partial charge in [-0.15, -0.1) is 0 Å². The van der Waals surface area contributed by atoms with Crippen molar-refractivity contribution in [3.05, 3.63) is 24.6 Å². The standard InChI is InChI=1S/C6H6N2/c1-3-7-5-2-6-8-4-1/h1-6H/b3-1-,4-1?,5-2?,6-2-,7-3?,7-5-,8-4-,8-6?. The number of nitrogens with zero attached hydrogens (tertiary/aromatic N) is 2. The summed E-state index contributed by atoms with van der Waals surface area (Å²) in [6.07, 6.45) is 10.3. The second-order valence-corrected chi connectivity index (χ2v) is 1.28. The first kappa shape index (κ1) is 4.97. The third kappa shape index (κ3) is 1.51. The van der Waals surface area contributed by atoms with E-state index in [1.54, 1.807) is 37.0 Å². The maximum Gasteiger partial charge on any atom is 0.0283 e. The quantitative estimate of drug-likeness (QED) is 0.443. The lowest BCUT2D eigenvalue weighted by Gasteiger charge is -1.77. The first-order chi connectivity index (χ1) is 4.00. The summed E-state index contributed by atoms with van der Waals surface area (Å²) < 4.78 is 0. The molecule has 0 N–H and O–H groups in total. The van der Waals surface area contributed by atoms with Crippen molar-refractivity contribution in [1.82, 2.24) is 0 Å². The van der Waals surface area contributed by atoms with E-state index in [1.165, 1.54) is 0 Å². The number of hydrogen-bond acceptors (Lipinski definition) is 2. The molecule has 0 bridgehead atoms. The van der Waals surface area contributed by atoms with Crippen LogP contribution in [0.25, 0.3) is 0 Å². The Morgan fingerprint density at radius 1 is 0.750 bits per heavy atom. The zero-order chi connectivity index (χ0) is 5.66. The van der Waals surface area contributed by atoms with Crippen LogP contribution in [0.4, 0.5) is 0 Å². The van der Waals surface area contributed by atoms with E-state index < -0.39 is 0 Å². The highest BCUT2D eigenvalue weighted by atomic mass is 14.7. The predicted molar refractivity (Wildman–Crippen MR) is 35.3 cm³/mol. The molecule has 1 heterocycles. The van der Waals surface area contributed by atoms with E-state index in [1.807, 2.05) is 0 Å². The van der Waals surface area contributed by atoms with Crippen molar-refractivity contribution in [1.29, 1.82) is 0 Å². The van der Waals surface area contributed by atoms with E-state index >= 15 is 0 Å². The Balaban J connectivity index is 2.67. The molecule has 1 aliphatic rings. The number of aliphatic imine (C=N–C) groups is 2. The second kappa shape index (κ2) is 2.91. The highest BCUT2D eigenvalue weighted by Gasteiger charge is 1.66. The van der Waals surface area contributed by atoms with Crippen LogP contribution in [0.3, 0.4) is 0 Å². The van der Waals surface area contributed by atoms with Crippen LogP contribution >= 0.6 is 0 Å². The molecule has 2 nitrogen and oxygen atoms in total. The third-order valence-electron chi connectivity index (χ3n) is 0.689. The molecule has 0 aromatic rings. The van der Waals surface area contributed by atoms with Gasteiger partial charge in [0, 0.05) is 24.8 Å². The average molecular weight is 106 g/mol. The molecule has 0 saturated carbocycles. The molecule has 8 heavy (non-hydrogen) atoms. The summed E-state index contributed by atoms with van der Waals surface area (Å²) >= 11 is 0. The minimum atomic E-state index is 1.69. The third-order valence-corrected chi connectivity index (χ3v) is 0.689. The highest BCUT2D eigenvalue weighted by molar-refractivity contribution is 5.77. The summed E-state index contributed by atoms with van der Waals surface area (Å²) in [4.78, 5) is 7.69. The van der Waals surface area contributed by atoms with Gasteiger partial charge in [-0.25, -0.2) is 0 Å². The normalized spacial score (nSPS) is 32.0. The van der Waals surface area contributed by atoms with E-state index in [2.05, 4.69) is 9.98 Å². The number of hydrogen-bond donors (Lipinski definition) is 0. The second-order valence-electron chi connectivity index (χ2n) is 1.28. The zero-order valence-electron chi connectivity index (χ0n) is 4.36. The monoisotopic (exact) mass is 106 g/mol. The smallest absolute Gasteiger partial charge is 0.0283 e. The molecule has 0 aromatic heterocycles. The van der Waals surface area contributed by atoms with Crippen molar-refractivity contribution in [2.24, 2.45) is 9.98 Å². The van der Waals surface area contributed by atoms with Gasteiger partial charge in [0.15, 0.2) is 0 Å². The van der Waals surface area contributed by atoms with Crippen LogP contribution in [0.5, 0.6) is 0 Å². The van der Waals surface area contributed by atoms with E-state index in [0.29, 0.717) is 0 Å². The summed E-state index contributed by atoms with van der Waals surface area (Å²) in [6.45, 7) is 0. The van der Waals surface area contributed by atoms with E-state index in [0.717, 1.165) is 0 Å². The fourth-order valence-electron chi connectivity index (χ4n) is 0.375. The Kier molecular flexibility index (Phi) is 1.80. The molecule has 40 valence electrons.